The van der Waals surface area contributed by atoms with Crippen molar-refractivity contribution in [3.8, 4) is 5.75 Å². The molecule has 0 aliphatic carbocycles. The summed E-state index contributed by atoms with van der Waals surface area (Å²) in [7, 11) is 0. The second-order valence-corrected chi connectivity index (χ2v) is 7.71. The summed E-state index contributed by atoms with van der Waals surface area (Å²) in [5.74, 6) is 0.951. The molecule has 0 aliphatic heterocycles. The van der Waals surface area contributed by atoms with Gasteiger partial charge < -0.3 is 10.1 Å². The van der Waals surface area contributed by atoms with Crippen LogP contribution >= 0.6 is 11.6 Å². The molecule has 1 N–H and O–H groups in total. The third-order valence-corrected chi connectivity index (χ3v) is 5.32. The first-order valence-electron chi connectivity index (χ1n) is 10.4. The van der Waals surface area contributed by atoms with Gasteiger partial charge in [-0.05, 0) is 47.5 Å². The quantitative estimate of drug-likeness (QED) is 0.348. The van der Waals surface area contributed by atoms with Gasteiger partial charge >= 0.3 is 0 Å². The van der Waals surface area contributed by atoms with Crippen LogP contribution in [0.3, 0.4) is 0 Å². The van der Waals surface area contributed by atoms with E-state index in [1.54, 1.807) is 0 Å². The van der Waals surface area contributed by atoms with Crippen molar-refractivity contribution in [3.63, 3.8) is 0 Å². The van der Waals surface area contributed by atoms with Crippen molar-refractivity contribution >= 4 is 22.4 Å². The summed E-state index contributed by atoms with van der Waals surface area (Å²) in [4.78, 5) is 0. The molecule has 148 valence electrons. The second-order valence-electron chi connectivity index (χ2n) is 7.27. The molecule has 0 fully saturated rings. The predicted octanol–water partition coefficient (Wildman–Crippen LogP) is 7.13. The molecule has 0 saturated heterocycles. The van der Waals surface area contributed by atoms with Gasteiger partial charge in [-0.2, -0.15) is 0 Å². The Morgan fingerprint density at radius 1 is 0.857 bits per heavy atom. The minimum absolute atomic E-state index is 0.541. The molecule has 0 aromatic heterocycles. The van der Waals surface area contributed by atoms with E-state index in [0.717, 1.165) is 29.4 Å². The Kier molecular flexibility index (Phi) is 8.20. The minimum atomic E-state index is 0.541. The first-order valence-corrected chi connectivity index (χ1v) is 10.7. The van der Waals surface area contributed by atoms with Crippen molar-refractivity contribution in [1.29, 1.82) is 0 Å². The Labute approximate surface area is 173 Å². The fourth-order valence-corrected chi connectivity index (χ4v) is 3.57. The molecule has 0 heterocycles. The Balaban J connectivity index is 1.66. The summed E-state index contributed by atoms with van der Waals surface area (Å²) >= 11 is 5.98. The van der Waals surface area contributed by atoms with Crippen molar-refractivity contribution in [1.82, 2.24) is 5.32 Å². The topological polar surface area (TPSA) is 21.3 Å². The first-order chi connectivity index (χ1) is 13.8. The standard InChI is InChI=1S/C25H30ClNO/c1-2-3-4-5-8-17-27-18-24-23-10-7-6-9-21(23)13-16-25(24)28-19-20-11-14-22(26)15-12-20/h6-7,9-16,27H,2-5,8,17-19H2,1H3. The second kappa shape index (κ2) is 11.1. The number of halogens is 1. The molecule has 0 bridgehead atoms. The summed E-state index contributed by atoms with van der Waals surface area (Å²) in [5, 5.41) is 6.88. The Morgan fingerprint density at radius 2 is 1.64 bits per heavy atom. The molecule has 0 aliphatic rings. The molecule has 0 atom stereocenters. The van der Waals surface area contributed by atoms with Gasteiger partial charge in [0.15, 0.2) is 0 Å². The van der Waals surface area contributed by atoms with Gasteiger partial charge in [-0.1, -0.05) is 86.7 Å². The fourth-order valence-electron chi connectivity index (χ4n) is 3.44. The van der Waals surface area contributed by atoms with Crippen LogP contribution in [-0.2, 0) is 13.2 Å². The smallest absolute Gasteiger partial charge is 0.124 e. The maximum absolute atomic E-state index is 6.20. The fraction of sp³-hybridized carbons (Fsp3) is 0.360. The number of benzene rings is 3. The lowest BCUT2D eigenvalue weighted by Crippen LogP contribution is -2.16. The number of ether oxygens (including phenoxy) is 1. The number of fused-ring (bicyclic) bond motifs is 1. The van der Waals surface area contributed by atoms with E-state index >= 15 is 0 Å². The summed E-state index contributed by atoms with van der Waals surface area (Å²) in [6.07, 6.45) is 6.49. The highest BCUT2D eigenvalue weighted by Crippen LogP contribution is 2.29. The van der Waals surface area contributed by atoms with E-state index in [-0.39, 0.29) is 0 Å². The van der Waals surface area contributed by atoms with Crippen molar-refractivity contribution in [2.24, 2.45) is 0 Å². The number of hydrogen-bond donors (Lipinski definition) is 1. The zero-order chi connectivity index (χ0) is 19.6. The van der Waals surface area contributed by atoms with E-state index in [9.17, 15) is 0 Å². The highest BCUT2D eigenvalue weighted by molar-refractivity contribution is 6.30. The molecule has 0 unspecified atom stereocenters. The van der Waals surface area contributed by atoms with Crippen LogP contribution in [0.1, 0.15) is 50.2 Å². The Morgan fingerprint density at radius 3 is 2.46 bits per heavy atom. The van der Waals surface area contributed by atoms with Crippen LogP contribution in [-0.4, -0.2) is 6.54 Å². The molecular formula is C25H30ClNO. The lowest BCUT2D eigenvalue weighted by atomic mass is 10.0. The van der Waals surface area contributed by atoms with Gasteiger partial charge in [0.2, 0.25) is 0 Å². The highest BCUT2D eigenvalue weighted by atomic mass is 35.5. The molecule has 0 radical (unpaired) electrons. The van der Waals surface area contributed by atoms with Gasteiger partial charge in [0.25, 0.3) is 0 Å². The van der Waals surface area contributed by atoms with E-state index in [2.05, 4.69) is 48.6 Å². The monoisotopic (exact) mass is 395 g/mol. The highest BCUT2D eigenvalue weighted by Gasteiger charge is 2.09. The van der Waals surface area contributed by atoms with E-state index in [4.69, 9.17) is 16.3 Å². The molecule has 0 saturated carbocycles. The average Bonchev–Trinajstić information content (AvgIpc) is 2.73. The van der Waals surface area contributed by atoms with Gasteiger partial charge in [0.1, 0.15) is 12.4 Å². The Hall–Kier alpha value is -2.03. The molecule has 0 amide bonds. The van der Waals surface area contributed by atoms with Gasteiger partial charge in [0.05, 0.1) is 0 Å². The van der Waals surface area contributed by atoms with Crippen molar-refractivity contribution in [2.75, 3.05) is 6.54 Å². The van der Waals surface area contributed by atoms with Gasteiger partial charge in [-0.15, -0.1) is 0 Å². The first kappa shape index (κ1) is 20.7. The van der Waals surface area contributed by atoms with Crippen molar-refractivity contribution < 1.29 is 4.74 Å². The maximum Gasteiger partial charge on any atom is 0.124 e. The minimum Gasteiger partial charge on any atom is -0.489 e. The van der Waals surface area contributed by atoms with E-state index in [1.807, 2.05) is 24.3 Å². The summed E-state index contributed by atoms with van der Waals surface area (Å²) in [6, 6.07) is 20.6. The lowest BCUT2D eigenvalue weighted by molar-refractivity contribution is 0.302. The average molecular weight is 396 g/mol. The van der Waals surface area contributed by atoms with Crippen LogP contribution in [0.25, 0.3) is 10.8 Å². The van der Waals surface area contributed by atoms with Crippen molar-refractivity contribution in [2.45, 2.75) is 52.2 Å². The molecule has 3 aromatic rings. The number of unbranched alkanes of at least 4 members (excludes halogenated alkanes) is 4. The van der Waals surface area contributed by atoms with Crippen LogP contribution < -0.4 is 10.1 Å². The lowest BCUT2D eigenvalue weighted by Gasteiger charge is -2.15. The molecule has 28 heavy (non-hydrogen) atoms. The number of rotatable bonds is 11. The van der Waals surface area contributed by atoms with Crippen LogP contribution in [0.2, 0.25) is 5.02 Å². The molecule has 3 heteroatoms. The van der Waals surface area contributed by atoms with Gasteiger partial charge in [-0.25, -0.2) is 0 Å². The molecule has 0 spiro atoms. The third kappa shape index (κ3) is 5.98. The molecule has 2 nitrogen and oxygen atoms in total. The summed E-state index contributed by atoms with van der Waals surface area (Å²) < 4.78 is 6.20. The molecule has 3 rings (SSSR count). The maximum atomic E-state index is 6.20. The van der Waals surface area contributed by atoms with Gasteiger partial charge in [0, 0.05) is 17.1 Å². The largest absolute Gasteiger partial charge is 0.489 e. The van der Waals surface area contributed by atoms with Crippen LogP contribution in [0, 0.1) is 0 Å². The number of hydrogen-bond acceptors (Lipinski definition) is 2. The van der Waals surface area contributed by atoms with Crippen LogP contribution in [0.5, 0.6) is 5.75 Å². The van der Waals surface area contributed by atoms with Crippen LogP contribution in [0.15, 0.2) is 60.7 Å². The Bertz CT molecular complexity index is 860. The predicted molar refractivity (Wildman–Crippen MR) is 120 cm³/mol. The summed E-state index contributed by atoms with van der Waals surface area (Å²) in [5.41, 5.74) is 2.35. The van der Waals surface area contributed by atoms with Crippen LogP contribution in [0.4, 0.5) is 0 Å². The van der Waals surface area contributed by atoms with Gasteiger partial charge in [-0.3, -0.25) is 0 Å². The zero-order valence-electron chi connectivity index (χ0n) is 16.7. The van der Waals surface area contributed by atoms with E-state index in [1.165, 1.54) is 48.4 Å². The van der Waals surface area contributed by atoms with E-state index in [0.29, 0.717) is 6.61 Å². The summed E-state index contributed by atoms with van der Waals surface area (Å²) in [6.45, 7) is 4.67. The molecular weight excluding hydrogens is 366 g/mol. The zero-order valence-corrected chi connectivity index (χ0v) is 17.5. The third-order valence-electron chi connectivity index (χ3n) is 5.06. The SMILES string of the molecule is CCCCCCCNCc1c(OCc2ccc(Cl)cc2)ccc2ccccc12. The molecule has 3 aromatic carbocycles. The normalized spacial score (nSPS) is 11.1. The van der Waals surface area contributed by atoms with Crippen molar-refractivity contribution in [3.05, 3.63) is 76.8 Å². The van der Waals surface area contributed by atoms with E-state index < -0.39 is 0 Å². The number of nitrogens with one attached hydrogen (secondary N) is 1.